The second-order valence-electron chi connectivity index (χ2n) is 7.20. The monoisotopic (exact) mass is 385 g/mol. The number of likely N-dealkylation sites (tertiary alicyclic amines) is 1. The summed E-state index contributed by atoms with van der Waals surface area (Å²) < 4.78 is 0. The Bertz CT molecular complexity index is 628. The molecule has 2 aliphatic rings. The number of piperidine rings is 1. The quantitative estimate of drug-likeness (QED) is 0.861. The number of hydrogen-bond donors (Lipinski definition) is 1. The molecular formula is C18H25Cl2N3O2. The van der Waals surface area contributed by atoms with Gasteiger partial charge in [-0.05, 0) is 50.0 Å². The lowest BCUT2D eigenvalue weighted by Crippen LogP contribution is -2.52. The second-order valence-corrected chi connectivity index (χ2v) is 8.01. The molecule has 2 aliphatic heterocycles. The summed E-state index contributed by atoms with van der Waals surface area (Å²) in [7, 11) is 2.17. The third-order valence-corrected chi connectivity index (χ3v) is 6.02. The molecule has 0 aliphatic carbocycles. The van der Waals surface area contributed by atoms with Crippen LogP contribution in [0.3, 0.4) is 0 Å². The first-order valence-electron chi connectivity index (χ1n) is 8.79. The number of hydrogen-bond acceptors (Lipinski definition) is 3. The Labute approximate surface area is 159 Å². The summed E-state index contributed by atoms with van der Waals surface area (Å²) >= 11 is 12.2. The number of nitrogens with zero attached hydrogens (tertiary/aromatic N) is 3. The summed E-state index contributed by atoms with van der Waals surface area (Å²) in [6.45, 7) is 5.32. The van der Waals surface area contributed by atoms with Crippen molar-refractivity contribution in [2.45, 2.75) is 18.9 Å². The lowest BCUT2D eigenvalue weighted by atomic mass is 9.96. The Morgan fingerprint density at radius 1 is 1.20 bits per heavy atom. The number of carbonyl (C=O) groups is 1. The molecule has 1 amide bonds. The molecule has 2 saturated heterocycles. The number of rotatable bonds is 3. The molecule has 1 aromatic carbocycles. The van der Waals surface area contributed by atoms with Crippen LogP contribution in [0.2, 0.25) is 10.0 Å². The van der Waals surface area contributed by atoms with Crippen molar-refractivity contribution < 1.29 is 9.90 Å². The van der Waals surface area contributed by atoms with E-state index >= 15 is 0 Å². The fourth-order valence-corrected chi connectivity index (χ4v) is 4.33. The van der Waals surface area contributed by atoms with Gasteiger partial charge in [-0.2, -0.15) is 0 Å². The summed E-state index contributed by atoms with van der Waals surface area (Å²) in [5.74, 6) is 0.657. The van der Waals surface area contributed by atoms with Gasteiger partial charge in [0, 0.05) is 32.7 Å². The van der Waals surface area contributed by atoms with Crippen LogP contribution in [0.5, 0.6) is 0 Å². The molecule has 1 N–H and O–H groups in total. The summed E-state index contributed by atoms with van der Waals surface area (Å²) in [5, 5.41) is 10.5. The van der Waals surface area contributed by atoms with Crippen LogP contribution in [-0.2, 0) is 0 Å². The van der Waals surface area contributed by atoms with E-state index in [1.54, 1.807) is 12.1 Å². The normalized spacial score (nSPS) is 26.0. The Morgan fingerprint density at radius 3 is 2.68 bits per heavy atom. The van der Waals surface area contributed by atoms with Gasteiger partial charge in [0.15, 0.2) is 0 Å². The first-order chi connectivity index (χ1) is 11.9. The molecule has 7 heteroatoms. The van der Waals surface area contributed by atoms with Crippen LogP contribution >= 0.6 is 23.2 Å². The number of amides is 1. The van der Waals surface area contributed by atoms with Gasteiger partial charge in [0.2, 0.25) is 0 Å². The molecule has 138 valence electrons. The molecule has 2 heterocycles. The summed E-state index contributed by atoms with van der Waals surface area (Å²) in [4.78, 5) is 18.0. The average molecular weight is 386 g/mol. The predicted octanol–water partition coefficient (Wildman–Crippen LogP) is 3.67. The van der Waals surface area contributed by atoms with Crippen LogP contribution < -0.4 is 0 Å². The topological polar surface area (TPSA) is 47.0 Å². The second kappa shape index (κ2) is 8.12. The van der Waals surface area contributed by atoms with Gasteiger partial charge in [-0.25, -0.2) is 4.79 Å². The van der Waals surface area contributed by atoms with E-state index in [1.165, 1.54) is 24.3 Å². The lowest BCUT2D eigenvalue weighted by Gasteiger charge is -2.42. The Hall–Kier alpha value is -1.01. The van der Waals surface area contributed by atoms with E-state index in [4.69, 9.17) is 23.2 Å². The molecular weight excluding hydrogens is 361 g/mol. The largest absolute Gasteiger partial charge is 0.465 e. The maximum Gasteiger partial charge on any atom is 0.407 e. The molecule has 2 fully saturated rings. The van der Waals surface area contributed by atoms with E-state index in [9.17, 15) is 9.90 Å². The van der Waals surface area contributed by atoms with Crippen molar-refractivity contribution in [3.8, 4) is 0 Å². The molecule has 0 saturated carbocycles. The lowest BCUT2D eigenvalue weighted by molar-refractivity contribution is 0.0526. The van der Waals surface area contributed by atoms with Crippen molar-refractivity contribution in [2.24, 2.45) is 5.92 Å². The molecule has 0 aromatic heterocycles. The van der Waals surface area contributed by atoms with Gasteiger partial charge in [0.1, 0.15) is 0 Å². The van der Waals surface area contributed by atoms with Crippen LogP contribution in [0.25, 0.3) is 0 Å². The maximum atomic E-state index is 11.7. The number of piperazine rings is 1. The van der Waals surface area contributed by atoms with E-state index in [0.717, 1.165) is 25.2 Å². The van der Waals surface area contributed by atoms with Gasteiger partial charge < -0.3 is 10.0 Å². The van der Waals surface area contributed by atoms with Crippen molar-refractivity contribution in [3.05, 3.63) is 33.8 Å². The minimum atomic E-state index is -0.881. The highest BCUT2D eigenvalue weighted by Gasteiger charge is 2.33. The van der Waals surface area contributed by atoms with Crippen molar-refractivity contribution >= 4 is 29.3 Å². The third kappa shape index (κ3) is 4.59. The highest BCUT2D eigenvalue weighted by atomic mass is 35.5. The van der Waals surface area contributed by atoms with Crippen molar-refractivity contribution in [1.82, 2.24) is 14.7 Å². The Balaban J connectivity index is 1.73. The molecule has 0 spiro atoms. The highest BCUT2D eigenvalue weighted by Crippen LogP contribution is 2.31. The Kier molecular flexibility index (Phi) is 6.10. The van der Waals surface area contributed by atoms with E-state index in [-0.39, 0.29) is 6.04 Å². The third-order valence-electron chi connectivity index (χ3n) is 5.28. The van der Waals surface area contributed by atoms with E-state index in [0.29, 0.717) is 29.1 Å². The first kappa shape index (κ1) is 18.8. The van der Waals surface area contributed by atoms with Crippen LogP contribution in [0, 0.1) is 5.92 Å². The molecule has 5 nitrogen and oxygen atoms in total. The summed E-state index contributed by atoms with van der Waals surface area (Å²) in [6, 6.07) is 5.21. The van der Waals surface area contributed by atoms with Gasteiger partial charge >= 0.3 is 6.09 Å². The minimum absolute atomic E-state index is 0.206. The number of benzene rings is 1. The van der Waals surface area contributed by atoms with Crippen LogP contribution in [-0.4, -0.2) is 72.2 Å². The van der Waals surface area contributed by atoms with Crippen molar-refractivity contribution in [2.75, 3.05) is 46.3 Å². The van der Waals surface area contributed by atoms with Gasteiger partial charge in [0.05, 0.1) is 16.1 Å². The van der Waals surface area contributed by atoms with Gasteiger partial charge in [0.25, 0.3) is 0 Å². The minimum Gasteiger partial charge on any atom is -0.465 e. The predicted molar refractivity (Wildman–Crippen MR) is 101 cm³/mol. The number of halogens is 2. The summed E-state index contributed by atoms with van der Waals surface area (Å²) in [5.41, 5.74) is 0.905. The summed E-state index contributed by atoms with van der Waals surface area (Å²) in [6.07, 6.45) is 1.61. The van der Waals surface area contributed by atoms with Gasteiger partial charge in [-0.15, -0.1) is 0 Å². The zero-order chi connectivity index (χ0) is 18.0. The van der Waals surface area contributed by atoms with Crippen LogP contribution in [0.4, 0.5) is 4.79 Å². The SMILES string of the molecule is CN1CCCC(CN2CCN(C(=O)O)C(c3ccc(Cl)c(Cl)c3)C2)C1. The molecule has 0 bridgehead atoms. The fraction of sp³-hybridized carbons (Fsp3) is 0.611. The number of carboxylic acid groups (broad SMARTS) is 1. The van der Waals surface area contributed by atoms with Crippen LogP contribution in [0.1, 0.15) is 24.4 Å². The first-order valence-corrected chi connectivity index (χ1v) is 9.55. The maximum absolute atomic E-state index is 11.7. The van der Waals surface area contributed by atoms with E-state index in [2.05, 4.69) is 16.8 Å². The smallest absolute Gasteiger partial charge is 0.407 e. The molecule has 2 unspecified atom stereocenters. The van der Waals surface area contributed by atoms with Crippen molar-refractivity contribution in [3.63, 3.8) is 0 Å². The average Bonchev–Trinajstić information content (AvgIpc) is 2.57. The molecule has 2 atom stereocenters. The molecule has 25 heavy (non-hydrogen) atoms. The fourth-order valence-electron chi connectivity index (χ4n) is 4.03. The molecule has 3 rings (SSSR count). The van der Waals surface area contributed by atoms with Crippen molar-refractivity contribution in [1.29, 1.82) is 0 Å². The van der Waals surface area contributed by atoms with E-state index in [1.807, 2.05) is 6.07 Å². The van der Waals surface area contributed by atoms with Crippen LogP contribution in [0.15, 0.2) is 18.2 Å². The molecule has 0 radical (unpaired) electrons. The highest BCUT2D eigenvalue weighted by molar-refractivity contribution is 6.42. The van der Waals surface area contributed by atoms with E-state index < -0.39 is 6.09 Å². The van der Waals surface area contributed by atoms with Gasteiger partial charge in [-0.3, -0.25) is 9.80 Å². The Morgan fingerprint density at radius 2 is 2.00 bits per heavy atom. The molecule has 1 aromatic rings. The van der Waals surface area contributed by atoms with Gasteiger partial charge in [-0.1, -0.05) is 29.3 Å². The zero-order valence-electron chi connectivity index (χ0n) is 14.5. The standard InChI is InChI=1S/C18H25Cl2N3O2/c1-21-6-2-3-13(10-21)11-22-7-8-23(18(24)25)17(12-22)14-4-5-15(19)16(20)9-14/h4-5,9,13,17H,2-3,6-8,10-12H2,1H3,(H,24,25). The zero-order valence-corrected chi connectivity index (χ0v) is 16.0.